The Bertz CT molecular complexity index is 1810. The second kappa shape index (κ2) is 18.6. The number of amides is 2. The summed E-state index contributed by atoms with van der Waals surface area (Å²) < 4.78 is 19.0. The van der Waals surface area contributed by atoms with Crippen LogP contribution in [0.5, 0.6) is 0 Å². The number of pyridine rings is 1. The molecule has 2 atom stereocenters. The predicted octanol–water partition coefficient (Wildman–Crippen LogP) is 6.67. The maximum atomic E-state index is 14.5. The number of fused-ring (bicyclic) bond motifs is 1. The monoisotopic (exact) mass is 754 g/mol. The topological polar surface area (TPSA) is 111 Å². The van der Waals surface area contributed by atoms with Crippen molar-refractivity contribution in [2.24, 2.45) is 5.92 Å². The van der Waals surface area contributed by atoms with Gasteiger partial charge in [0.2, 0.25) is 5.91 Å². The number of aromatic nitrogens is 1. The number of nitrogens with zero attached hydrogens (tertiary/aromatic N) is 4. The van der Waals surface area contributed by atoms with Crippen molar-refractivity contribution >= 4 is 28.7 Å². The van der Waals surface area contributed by atoms with Crippen LogP contribution in [-0.2, 0) is 30.4 Å². The fourth-order valence-corrected chi connectivity index (χ4v) is 9.23. The van der Waals surface area contributed by atoms with E-state index < -0.39 is 6.04 Å². The number of rotatable bonds is 11. The van der Waals surface area contributed by atoms with Crippen molar-refractivity contribution in [3.63, 3.8) is 0 Å². The van der Waals surface area contributed by atoms with E-state index in [1.54, 1.807) is 9.47 Å². The van der Waals surface area contributed by atoms with Crippen LogP contribution in [0.1, 0.15) is 101 Å². The van der Waals surface area contributed by atoms with Gasteiger partial charge < -0.3 is 28.6 Å². The Morgan fingerprint density at radius 3 is 2.22 bits per heavy atom. The maximum absolute atomic E-state index is 14.5. The van der Waals surface area contributed by atoms with Crippen molar-refractivity contribution in [1.82, 2.24) is 19.3 Å². The lowest BCUT2D eigenvalue weighted by atomic mass is 9.82. The molecule has 0 radical (unpaired) electrons. The molecule has 3 aliphatic heterocycles. The molecule has 1 aromatic heterocycles. The summed E-state index contributed by atoms with van der Waals surface area (Å²) in [5.41, 5.74) is 1.87. The normalized spacial score (nSPS) is 21.4. The highest BCUT2D eigenvalue weighted by Crippen LogP contribution is 2.35. The minimum absolute atomic E-state index is 0.0483. The van der Waals surface area contributed by atoms with Gasteiger partial charge in [-0.25, -0.2) is 4.79 Å². The number of benzene rings is 2. The Hall–Kier alpha value is -4.22. The smallest absolute Gasteiger partial charge is 0.410 e. The molecule has 7 rings (SSSR count). The van der Waals surface area contributed by atoms with Crippen molar-refractivity contribution in [3.8, 4) is 0 Å². The van der Waals surface area contributed by atoms with Gasteiger partial charge in [0.15, 0.2) is 0 Å². The summed E-state index contributed by atoms with van der Waals surface area (Å²) in [6.07, 6.45) is 12.1. The molecule has 296 valence electrons. The van der Waals surface area contributed by atoms with E-state index >= 15 is 0 Å². The lowest BCUT2D eigenvalue weighted by molar-refractivity contribution is -0.146. The molecule has 55 heavy (non-hydrogen) atoms. The standard InChI is InChI=1S/C44H58N4O7/c1-2-53-40(49)30-45-23-18-37(19-24-45)55-38-20-25-46(26-21-38)43(51)41(34-12-7-4-8-13-34)48-27-17-33-15-16-35(28-39(33)42(48)50)36-14-9-22-47(29-36)44(52)54-31-32-10-5-3-6-11-32/h3,5-6,10-11,15-17,27-28,34,36-38,41H,2,4,7-9,12-14,18-26,29-31H2,1H3/t36?,41-/m1/s1. The fourth-order valence-electron chi connectivity index (χ4n) is 9.23. The van der Waals surface area contributed by atoms with Gasteiger partial charge in [0, 0.05) is 56.8 Å². The van der Waals surface area contributed by atoms with Gasteiger partial charge in [-0.15, -0.1) is 0 Å². The zero-order valence-electron chi connectivity index (χ0n) is 32.4. The molecule has 3 aromatic rings. The third kappa shape index (κ3) is 9.78. The first-order chi connectivity index (χ1) is 26.9. The van der Waals surface area contributed by atoms with E-state index in [9.17, 15) is 19.2 Å². The molecule has 11 nitrogen and oxygen atoms in total. The largest absolute Gasteiger partial charge is 0.465 e. The van der Waals surface area contributed by atoms with E-state index in [1.165, 1.54) is 0 Å². The number of carbonyl (C=O) groups is 3. The highest BCUT2D eigenvalue weighted by Gasteiger charge is 2.37. The molecular weight excluding hydrogens is 697 g/mol. The van der Waals surface area contributed by atoms with Gasteiger partial charge in [-0.3, -0.25) is 19.3 Å². The number of carbonyl (C=O) groups excluding carboxylic acids is 3. The van der Waals surface area contributed by atoms with Crippen LogP contribution in [0, 0.1) is 5.92 Å². The van der Waals surface area contributed by atoms with Crippen LogP contribution < -0.4 is 5.56 Å². The van der Waals surface area contributed by atoms with Crippen LogP contribution in [-0.4, -0.2) is 102 Å². The maximum Gasteiger partial charge on any atom is 0.410 e. The minimum atomic E-state index is -0.536. The minimum Gasteiger partial charge on any atom is -0.465 e. The van der Waals surface area contributed by atoms with E-state index in [-0.39, 0.29) is 54.2 Å². The molecule has 2 aromatic carbocycles. The summed E-state index contributed by atoms with van der Waals surface area (Å²) in [4.78, 5) is 59.9. The second-order valence-electron chi connectivity index (χ2n) is 16.0. The van der Waals surface area contributed by atoms with Crippen LogP contribution >= 0.6 is 0 Å². The molecule has 11 heteroatoms. The Kier molecular flexibility index (Phi) is 13.2. The van der Waals surface area contributed by atoms with Crippen LogP contribution in [0.25, 0.3) is 10.8 Å². The number of hydrogen-bond acceptors (Lipinski definition) is 8. The third-order valence-corrected chi connectivity index (χ3v) is 12.3. The van der Waals surface area contributed by atoms with Crippen molar-refractivity contribution < 1.29 is 28.6 Å². The molecule has 4 fully saturated rings. The zero-order chi connectivity index (χ0) is 38.1. The predicted molar refractivity (Wildman–Crippen MR) is 211 cm³/mol. The molecule has 1 saturated carbocycles. The van der Waals surface area contributed by atoms with Gasteiger partial charge in [-0.05, 0) is 92.9 Å². The Morgan fingerprint density at radius 2 is 1.49 bits per heavy atom. The zero-order valence-corrected chi connectivity index (χ0v) is 32.4. The van der Waals surface area contributed by atoms with Crippen molar-refractivity contribution in [2.75, 3.05) is 52.4 Å². The van der Waals surface area contributed by atoms with E-state index in [1.807, 2.05) is 66.6 Å². The van der Waals surface area contributed by atoms with Crippen molar-refractivity contribution in [3.05, 3.63) is 82.3 Å². The van der Waals surface area contributed by atoms with Gasteiger partial charge in [0.25, 0.3) is 5.56 Å². The average molecular weight is 755 g/mol. The summed E-state index contributed by atoms with van der Waals surface area (Å²) in [5, 5.41) is 1.48. The molecule has 1 aliphatic carbocycles. The summed E-state index contributed by atoms with van der Waals surface area (Å²) in [6, 6.07) is 17.2. The number of hydrogen-bond donors (Lipinski definition) is 0. The molecule has 0 bridgehead atoms. The number of piperidine rings is 3. The van der Waals surface area contributed by atoms with E-state index in [0.29, 0.717) is 44.7 Å². The average Bonchev–Trinajstić information content (AvgIpc) is 3.22. The first kappa shape index (κ1) is 39.0. The number of likely N-dealkylation sites (tertiary alicyclic amines) is 3. The summed E-state index contributed by atoms with van der Waals surface area (Å²) in [5.74, 6) is 0.0776. The van der Waals surface area contributed by atoms with E-state index in [4.69, 9.17) is 14.2 Å². The van der Waals surface area contributed by atoms with E-state index in [0.717, 1.165) is 100 Å². The summed E-state index contributed by atoms with van der Waals surface area (Å²) in [7, 11) is 0. The van der Waals surface area contributed by atoms with Gasteiger partial charge in [0.1, 0.15) is 12.6 Å². The molecule has 3 saturated heterocycles. The van der Waals surface area contributed by atoms with Gasteiger partial charge in [-0.1, -0.05) is 61.7 Å². The van der Waals surface area contributed by atoms with Crippen LogP contribution in [0.15, 0.2) is 65.6 Å². The second-order valence-corrected chi connectivity index (χ2v) is 16.0. The van der Waals surface area contributed by atoms with Crippen LogP contribution in [0.4, 0.5) is 4.79 Å². The molecule has 4 aliphatic rings. The molecule has 0 spiro atoms. The molecule has 2 amide bonds. The first-order valence-electron chi connectivity index (χ1n) is 20.8. The van der Waals surface area contributed by atoms with Gasteiger partial charge in [-0.2, -0.15) is 0 Å². The SMILES string of the molecule is CCOC(=O)CN1CCC(OC2CCN(C(=O)[C@@H](C3CCCCC3)n3ccc4ccc(C5CCCN(C(=O)OCc6ccccc6)C5)cc4c3=O)CC2)CC1. The fraction of sp³-hybridized carbons (Fsp3) is 0.591. The number of ether oxygens (including phenoxy) is 3. The Morgan fingerprint density at radius 1 is 0.764 bits per heavy atom. The van der Waals surface area contributed by atoms with E-state index in [2.05, 4.69) is 11.0 Å². The lowest BCUT2D eigenvalue weighted by Crippen LogP contribution is -2.48. The van der Waals surface area contributed by atoms with Crippen molar-refractivity contribution in [1.29, 1.82) is 0 Å². The third-order valence-electron chi connectivity index (χ3n) is 12.3. The van der Waals surface area contributed by atoms with Gasteiger partial charge in [0.05, 0.1) is 25.4 Å². The molecule has 4 heterocycles. The van der Waals surface area contributed by atoms with Crippen LogP contribution in [0.3, 0.4) is 0 Å². The molecular formula is C44H58N4O7. The number of esters is 1. The summed E-state index contributed by atoms with van der Waals surface area (Å²) in [6.45, 7) is 6.85. The summed E-state index contributed by atoms with van der Waals surface area (Å²) >= 11 is 0. The first-order valence-corrected chi connectivity index (χ1v) is 20.8. The molecule has 1 unspecified atom stereocenters. The lowest BCUT2D eigenvalue weighted by Gasteiger charge is -2.39. The van der Waals surface area contributed by atoms with Gasteiger partial charge >= 0.3 is 12.1 Å². The molecule has 0 N–H and O–H groups in total. The highest BCUT2D eigenvalue weighted by molar-refractivity contribution is 5.84. The highest BCUT2D eigenvalue weighted by atomic mass is 16.6. The Labute approximate surface area is 324 Å². The van der Waals surface area contributed by atoms with Crippen molar-refractivity contribution in [2.45, 2.75) is 108 Å². The quantitative estimate of drug-likeness (QED) is 0.200. The Balaban J connectivity index is 1.01. The van der Waals surface area contributed by atoms with Crippen LogP contribution in [0.2, 0.25) is 0 Å².